The molecule has 0 bridgehead atoms. The molecule has 3 aromatic carbocycles. The van der Waals surface area contributed by atoms with Crippen LogP contribution < -0.4 is 0 Å². The van der Waals surface area contributed by atoms with Crippen molar-refractivity contribution in [3.8, 4) is 11.1 Å². The summed E-state index contributed by atoms with van der Waals surface area (Å²) < 4.78 is 26.7. The van der Waals surface area contributed by atoms with E-state index in [1.807, 2.05) is 73.7 Å². The van der Waals surface area contributed by atoms with Gasteiger partial charge in [0, 0.05) is 17.1 Å². The predicted octanol–water partition coefficient (Wildman–Crippen LogP) is 5.04. The summed E-state index contributed by atoms with van der Waals surface area (Å²) in [6, 6.07) is 24.1. The number of nitrogens with zero attached hydrogens (tertiary/aromatic N) is 1. The van der Waals surface area contributed by atoms with Crippen LogP contribution in [0.15, 0.2) is 94.9 Å². The van der Waals surface area contributed by atoms with Crippen LogP contribution in [-0.2, 0) is 9.84 Å². The number of fused-ring (bicyclic) bond motifs is 1. The van der Waals surface area contributed by atoms with E-state index in [1.54, 1.807) is 12.1 Å². The number of para-hydroxylation sites is 1. The zero-order chi connectivity index (χ0) is 18.1. The molecule has 0 spiro atoms. The molecule has 0 amide bonds. The maximum absolute atomic E-state index is 13.3. The number of hydrogen-bond donors (Lipinski definition) is 0. The van der Waals surface area contributed by atoms with E-state index < -0.39 is 9.84 Å². The van der Waals surface area contributed by atoms with Crippen LogP contribution in [0.25, 0.3) is 22.0 Å². The molecule has 1 heterocycles. The zero-order valence-corrected chi connectivity index (χ0v) is 15.1. The molecule has 1 aromatic heterocycles. The molecule has 3 nitrogen and oxygen atoms in total. The number of rotatable bonds is 3. The summed E-state index contributed by atoms with van der Waals surface area (Å²) in [6.45, 7) is 1.93. The molecule has 0 saturated heterocycles. The fraction of sp³-hybridized carbons (Fsp3) is 0.0455. The second kappa shape index (κ2) is 6.39. The van der Waals surface area contributed by atoms with Crippen LogP contribution in [0.2, 0.25) is 0 Å². The summed E-state index contributed by atoms with van der Waals surface area (Å²) in [7, 11) is -3.69. The quantitative estimate of drug-likeness (QED) is 0.515. The number of benzene rings is 3. The van der Waals surface area contributed by atoms with Gasteiger partial charge in [-0.05, 0) is 30.7 Å². The van der Waals surface area contributed by atoms with Crippen LogP contribution in [0.4, 0.5) is 0 Å². The first-order valence-electron chi connectivity index (χ1n) is 8.32. The van der Waals surface area contributed by atoms with Crippen LogP contribution in [0, 0.1) is 6.92 Å². The molecule has 26 heavy (non-hydrogen) atoms. The van der Waals surface area contributed by atoms with Crippen LogP contribution in [0.5, 0.6) is 0 Å². The third-order valence-electron chi connectivity index (χ3n) is 4.42. The highest BCUT2D eigenvalue weighted by Gasteiger charge is 2.24. The molecule has 4 heteroatoms. The van der Waals surface area contributed by atoms with Crippen molar-refractivity contribution in [2.75, 3.05) is 0 Å². The standard InChI is InChI=1S/C22H17NO2S/c1-16-11-13-18(14-12-16)26(24,25)21-15-23-20-10-6-5-9-19(20)22(21)17-7-3-2-4-8-17/h2-15H,1H3. The minimum atomic E-state index is -3.69. The monoisotopic (exact) mass is 359 g/mol. The molecule has 0 saturated carbocycles. The maximum atomic E-state index is 13.3. The lowest BCUT2D eigenvalue weighted by Crippen LogP contribution is -2.05. The van der Waals surface area contributed by atoms with Gasteiger partial charge in [-0.1, -0.05) is 66.2 Å². The van der Waals surface area contributed by atoms with Gasteiger partial charge in [0.15, 0.2) is 0 Å². The first kappa shape index (κ1) is 16.5. The SMILES string of the molecule is Cc1ccc(S(=O)(=O)c2cnc3ccccc3c2-c2ccccc2)cc1. The van der Waals surface area contributed by atoms with Crippen molar-refractivity contribution in [2.45, 2.75) is 16.7 Å². The Hall–Kier alpha value is -2.98. The van der Waals surface area contributed by atoms with Gasteiger partial charge in [-0.25, -0.2) is 8.42 Å². The smallest absolute Gasteiger partial charge is 0.208 e. The van der Waals surface area contributed by atoms with Gasteiger partial charge in [0.1, 0.15) is 0 Å². The molecule has 0 N–H and O–H groups in total. The second-order valence-electron chi connectivity index (χ2n) is 6.20. The fourth-order valence-electron chi connectivity index (χ4n) is 3.07. The maximum Gasteiger partial charge on any atom is 0.208 e. The molecular formula is C22H17NO2S. The number of sulfone groups is 1. The molecule has 0 atom stereocenters. The number of pyridine rings is 1. The van der Waals surface area contributed by atoms with Crippen LogP contribution in [0.1, 0.15) is 5.56 Å². The third-order valence-corrected chi connectivity index (χ3v) is 6.21. The Kier molecular flexibility index (Phi) is 4.05. The van der Waals surface area contributed by atoms with E-state index in [9.17, 15) is 8.42 Å². The van der Waals surface area contributed by atoms with E-state index in [0.29, 0.717) is 5.56 Å². The van der Waals surface area contributed by atoms with Gasteiger partial charge in [0.2, 0.25) is 9.84 Å². The summed E-state index contributed by atoms with van der Waals surface area (Å²) in [5.74, 6) is 0. The van der Waals surface area contributed by atoms with E-state index in [0.717, 1.165) is 22.0 Å². The first-order chi connectivity index (χ1) is 12.6. The van der Waals surface area contributed by atoms with Crippen molar-refractivity contribution in [1.29, 1.82) is 0 Å². The lowest BCUT2D eigenvalue weighted by atomic mass is 10.0. The normalized spacial score (nSPS) is 11.6. The van der Waals surface area contributed by atoms with Gasteiger partial charge in [-0.15, -0.1) is 0 Å². The number of aromatic nitrogens is 1. The molecule has 0 aliphatic rings. The largest absolute Gasteiger partial charge is 0.255 e. The Balaban J connectivity index is 2.06. The second-order valence-corrected chi connectivity index (χ2v) is 8.12. The lowest BCUT2D eigenvalue weighted by Gasteiger charge is -2.14. The third kappa shape index (κ3) is 2.78. The highest BCUT2D eigenvalue weighted by Crippen LogP contribution is 2.36. The molecule has 0 aliphatic heterocycles. The summed E-state index contributed by atoms with van der Waals surface area (Å²) in [6.07, 6.45) is 1.47. The van der Waals surface area contributed by atoms with Gasteiger partial charge in [0.05, 0.1) is 15.3 Å². The van der Waals surface area contributed by atoms with Crippen molar-refractivity contribution in [3.05, 3.63) is 90.6 Å². The van der Waals surface area contributed by atoms with Gasteiger partial charge < -0.3 is 0 Å². The zero-order valence-electron chi connectivity index (χ0n) is 14.3. The molecule has 0 fully saturated rings. The Morgan fingerprint density at radius 1 is 0.769 bits per heavy atom. The van der Waals surface area contributed by atoms with E-state index in [1.165, 1.54) is 6.20 Å². The molecule has 4 aromatic rings. The van der Waals surface area contributed by atoms with Gasteiger partial charge in [0.25, 0.3) is 0 Å². The van der Waals surface area contributed by atoms with E-state index >= 15 is 0 Å². The highest BCUT2D eigenvalue weighted by atomic mass is 32.2. The van der Waals surface area contributed by atoms with E-state index in [4.69, 9.17) is 0 Å². The molecular weight excluding hydrogens is 342 g/mol. The molecule has 128 valence electrons. The Labute approximate surface area is 152 Å². The van der Waals surface area contributed by atoms with Crippen molar-refractivity contribution < 1.29 is 8.42 Å². The fourth-order valence-corrected chi connectivity index (χ4v) is 4.51. The summed E-state index contributed by atoms with van der Waals surface area (Å²) in [5.41, 5.74) is 3.34. The van der Waals surface area contributed by atoms with Crippen molar-refractivity contribution in [2.24, 2.45) is 0 Å². The molecule has 0 unspecified atom stereocenters. The molecule has 0 aliphatic carbocycles. The highest BCUT2D eigenvalue weighted by molar-refractivity contribution is 7.91. The number of hydrogen-bond acceptors (Lipinski definition) is 3. The number of aryl methyl sites for hydroxylation is 1. The Bertz CT molecular complexity index is 1180. The van der Waals surface area contributed by atoms with E-state index in [-0.39, 0.29) is 9.79 Å². The van der Waals surface area contributed by atoms with Gasteiger partial charge >= 0.3 is 0 Å². The first-order valence-corrected chi connectivity index (χ1v) is 9.80. The van der Waals surface area contributed by atoms with Gasteiger partial charge in [-0.2, -0.15) is 0 Å². The Morgan fingerprint density at radius 2 is 1.42 bits per heavy atom. The van der Waals surface area contributed by atoms with Crippen molar-refractivity contribution in [1.82, 2.24) is 4.98 Å². The van der Waals surface area contributed by atoms with Crippen molar-refractivity contribution in [3.63, 3.8) is 0 Å². The summed E-state index contributed by atoms with van der Waals surface area (Å²) in [4.78, 5) is 4.90. The minimum Gasteiger partial charge on any atom is -0.255 e. The Morgan fingerprint density at radius 3 is 2.15 bits per heavy atom. The van der Waals surface area contributed by atoms with E-state index in [2.05, 4.69) is 4.98 Å². The predicted molar refractivity (Wildman–Crippen MR) is 104 cm³/mol. The lowest BCUT2D eigenvalue weighted by molar-refractivity contribution is 0.596. The van der Waals surface area contributed by atoms with Crippen LogP contribution in [0.3, 0.4) is 0 Å². The van der Waals surface area contributed by atoms with Crippen LogP contribution in [-0.4, -0.2) is 13.4 Å². The average molecular weight is 359 g/mol. The summed E-state index contributed by atoms with van der Waals surface area (Å²) >= 11 is 0. The molecule has 4 rings (SSSR count). The minimum absolute atomic E-state index is 0.228. The molecule has 0 radical (unpaired) electrons. The van der Waals surface area contributed by atoms with Crippen molar-refractivity contribution >= 4 is 20.7 Å². The summed E-state index contributed by atoms with van der Waals surface area (Å²) in [5, 5.41) is 0.826. The van der Waals surface area contributed by atoms with Crippen LogP contribution >= 0.6 is 0 Å². The van der Waals surface area contributed by atoms with Gasteiger partial charge in [-0.3, -0.25) is 4.98 Å². The average Bonchev–Trinajstić information content (AvgIpc) is 2.68. The topological polar surface area (TPSA) is 47.0 Å².